The van der Waals surface area contributed by atoms with E-state index in [0.29, 0.717) is 10.7 Å². The monoisotopic (exact) mass is 353 g/mol. The van der Waals surface area contributed by atoms with Gasteiger partial charge in [-0.25, -0.2) is 0 Å². The third kappa shape index (κ3) is 4.70. The van der Waals surface area contributed by atoms with Crippen molar-refractivity contribution in [1.29, 1.82) is 0 Å². The molecule has 128 valence electrons. The molecule has 3 rings (SSSR count). The number of carbonyl (C=O) groups is 1. The number of hydrogen-bond donors (Lipinski definition) is 2. The summed E-state index contributed by atoms with van der Waals surface area (Å²) in [4.78, 5) is 12.4. The summed E-state index contributed by atoms with van der Waals surface area (Å²) >= 11 is 5.89. The molecule has 0 unspecified atom stereocenters. The highest BCUT2D eigenvalue weighted by Gasteiger charge is 2.13. The number of rotatable bonds is 6. The van der Waals surface area contributed by atoms with Gasteiger partial charge >= 0.3 is 0 Å². The van der Waals surface area contributed by atoms with Gasteiger partial charge in [-0.1, -0.05) is 54.1 Å². The van der Waals surface area contributed by atoms with Crippen molar-refractivity contribution in [3.63, 3.8) is 0 Å². The zero-order chi connectivity index (χ0) is 17.6. The van der Waals surface area contributed by atoms with Gasteiger partial charge in [0.2, 0.25) is 0 Å². The fourth-order valence-electron chi connectivity index (χ4n) is 2.61. The molecule has 3 aromatic rings. The Morgan fingerprint density at radius 1 is 1.16 bits per heavy atom. The van der Waals surface area contributed by atoms with Crippen molar-refractivity contribution in [3.05, 3.63) is 76.9 Å². The summed E-state index contributed by atoms with van der Waals surface area (Å²) in [5.41, 5.74) is 3.36. The molecular weight excluding hydrogens is 334 g/mol. The molecule has 0 aliphatic carbocycles. The second-order valence-corrected chi connectivity index (χ2v) is 6.51. The highest BCUT2D eigenvalue weighted by Crippen LogP contribution is 2.20. The lowest BCUT2D eigenvalue weighted by atomic mass is 10.1. The van der Waals surface area contributed by atoms with E-state index in [4.69, 9.17) is 11.6 Å². The first-order valence-electron chi connectivity index (χ1n) is 8.28. The summed E-state index contributed by atoms with van der Waals surface area (Å²) < 4.78 is 0. The first kappa shape index (κ1) is 17.2. The van der Waals surface area contributed by atoms with E-state index in [2.05, 4.69) is 27.6 Å². The van der Waals surface area contributed by atoms with Gasteiger partial charge in [-0.2, -0.15) is 5.10 Å². The number of halogens is 1. The molecule has 0 aliphatic rings. The zero-order valence-electron chi connectivity index (χ0n) is 14.0. The number of nitrogens with zero attached hydrogens (tertiary/aromatic N) is 1. The molecule has 0 saturated heterocycles. The van der Waals surface area contributed by atoms with Gasteiger partial charge in [0.1, 0.15) is 5.69 Å². The number of aromatic nitrogens is 2. The van der Waals surface area contributed by atoms with E-state index < -0.39 is 0 Å². The quantitative estimate of drug-likeness (QED) is 0.686. The number of carbonyl (C=O) groups excluding carboxylic acids is 1. The van der Waals surface area contributed by atoms with Gasteiger partial charge in [0.25, 0.3) is 5.91 Å². The molecule has 1 amide bonds. The highest BCUT2D eigenvalue weighted by atomic mass is 35.5. The topological polar surface area (TPSA) is 57.8 Å². The van der Waals surface area contributed by atoms with E-state index in [9.17, 15) is 4.79 Å². The molecule has 1 atom stereocenters. The van der Waals surface area contributed by atoms with E-state index >= 15 is 0 Å². The lowest BCUT2D eigenvalue weighted by Gasteiger charge is -2.13. The second-order valence-electron chi connectivity index (χ2n) is 6.07. The van der Waals surface area contributed by atoms with Crippen molar-refractivity contribution < 1.29 is 4.79 Å². The smallest absolute Gasteiger partial charge is 0.269 e. The van der Waals surface area contributed by atoms with Crippen LogP contribution in [0.25, 0.3) is 11.3 Å². The van der Waals surface area contributed by atoms with Crippen LogP contribution in [0.15, 0.2) is 60.7 Å². The van der Waals surface area contributed by atoms with Gasteiger partial charge < -0.3 is 5.32 Å². The maximum absolute atomic E-state index is 12.4. The van der Waals surface area contributed by atoms with E-state index in [1.54, 1.807) is 18.2 Å². The van der Waals surface area contributed by atoms with Crippen LogP contribution in [0.5, 0.6) is 0 Å². The van der Waals surface area contributed by atoms with E-state index in [0.717, 1.165) is 24.1 Å². The first-order chi connectivity index (χ1) is 12.1. The Bertz CT molecular complexity index is 828. The predicted molar refractivity (Wildman–Crippen MR) is 101 cm³/mol. The van der Waals surface area contributed by atoms with Crippen LogP contribution in [0, 0.1) is 0 Å². The van der Waals surface area contributed by atoms with Crippen LogP contribution in [0.4, 0.5) is 0 Å². The molecule has 0 bridgehead atoms. The van der Waals surface area contributed by atoms with Crippen LogP contribution in [0.3, 0.4) is 0 Å². The van der Waals surface area contributed by atoms with Crippen molar-refractivity contribution in [1.82, 2.24) is 15.5 Å². The third-order valence-electron chi connectivity index (χ3n) is 4.05. The number of amides is 1. The fraction of sp³-hybridized carbons (Fsp3) is 0.200. The van der Waals surface area contributed by atoms with Gasteiger partial charge in [-0.3, -0.25) is 9.89 Å². The molecule has 2 aromatic carbocycles. The van der Waals surface area contributed by atoms with Crippen LogP contribution in [0.1, 0.15) is 29.4 Å². The number of benzene rings is 2. The van der Waals surface area contributed by atoms with Crippen molar-refractivity contribution in [2.45, 2.75) is 25.8 Å². The minimum absolute atomic E-state index is 0.0787. The van der Waals surface area contributed by atoms with Crippen molar-refractivity contribution in [3.8, 4) is 11.3 Å². The van der Waals surface area contributed by atoms with Crippen LogP contribution in [-0.4, -0.2) is 22.1 Å². The van der Waals surface area contributed by atoms with E-state index in [1.165, 1.54) is 5.56 Å². The number of aryl methyl sites for hydroxylation is 1. The number of hydrogen-bond acceptors (Lipinski definition) is 2. The largest absolute Gasteiger partial charge is 0.348 e. The molecule has 1 aromatic heterocycles. The molecule has 4 nitrogen and oxygen atoms in total. The van der Waals surface area contributed by atoms with Gasteiger partial charge in [0, 0.05) is 16.6 Å². The molecule has 0 fully saturated rings. The van der Waals surface area contributed by atoms with Gasteiger partial charge in [0.15, 0.2) is 0 Å². The SMILES string of the molecule is C[C@H](CCc1ccccc1)NC(=O)c1cc(-c2ccc(Cl)cc2)n[nH]1. The van der Waals surface area contributed by atoms with Crippen LogP contribution in [-0.2, 0) is 6.42 Å². The standard InChI is InChI=1S/C20H20ClN3O/c1-14(7-8-15-5-3-2-4-6-15)22-20(25)19-13-18(23-24-19)16-9-11-17(21)12-10-16/h2-6,9-14H,7-8H2,1H3,(H,22,25)(H,23,24)/t14-/m1/s1. The van der Waals surface area contributed by atoms with Crippen molar-refractivity contribution in [2.75, 3.05) is 0 Å². The predicted octanol–water partition coefficient (Wildman–Crippen LogP) is 4.48. The molecule has 5 heteroatoms. The number of nitrogens with one attached hydrogen (secondary N) is 2. The lowest BCUT2D eigenvalue weighted by Crippen LogP contribution is -2.33. The first-order valence-corrected chi connectivity index (χ1v) is 8.66. The Morgan fingerprint density at radius 2 is 1.88 bits per heavy atom. The molecular formula is C20H20ClN3O. The Hall–Kier alpha value is -2.59. The summed E-state index contributed by atoms with van der Waals surface area (Å²) in [5, 5.41) is 10.7. The van der Waals surface area contributed by atoms with Gasteiger partial charge in [0.05, 0.1) is 5.69 Å². The average molecular weight is 354 g/mol. The van der Waals surface area contributed by atoms with Crippen LogP contribution in [0.2, 0.25) is 5.02 Å². The molecule has 0 spiro atoms. The molecule has 0 aliphatic heterocycles. The number of aromatic amines is 1. The lowest BCUT2D eigenvalue weighted by molar-refractivity contribution is 0.0933. The maximum Gasteiger partial charge on any atom is 0.269 e. The van der Waals surface area contributed by atoms with Crippen molar-refractivity contribution in [2.24, 2.45) is 0 Å². The average Bonchev–Trinajstić information content (AvgIpc) is 3.12. The van der Waals surface area contributed by atoms with Crippen LogP contribution < -0.4 is 5.32 Å². The third-order valence-corrected chi connectivity index (χ3v) is 4.30. The van der Waals surface area contributed by atoms with Crippen LogP contribution >= 0.6 is 11.6 Å². The van der Waals surface area contributed by atoms with Gasteiger partial charge in [-0.05, 0) is 43.5 Å². The second kappa shape index (κ2) is 7.99. The van der Waals surface area contributed by atoms with Crippen molar-refractivity contribution >= 4 is 17.5 Å². The molecule has 2 N–H and O–H groups in total. The zero-order valence-corrected chi connectivity index (χ0v) is 14.8. The summed E-state index contributed by atoms with van der Waals surface area (Å²) in [7, 11) is 0. The molecule has 25 heavy (non-hydrogen) atoms. The maximum atomic E-state index is 12.4. The van der Waals surface area contributed by atoms with E-state index in [1.807, 2.05) is 37.3 Å². The van der Waals surface area contributed by atoms with Gasteiger partial charge in [-0.15, -0.1) is 0 Å². The fourth-order valence-corrected chi connectivity index (χ4v) is 2.73. The minimum Gasteiger partial charge on any atom is -0.348 e. The molecule has 0 saturated carbocycles. The Kier molecular flexibility index (Phi) is 5.51. The number of H-pyrrole nitrogens is 1. The molecule has 0 radical (unpaired) electrons. The minimum atomic E-state index is -0.145. The Balaban J connectivity index is 1.57. The summed E-state index contributed by atoms with van der Waals surface area (Å²) in [5.74, 6) is -0.145. The van der Waals surface area contributed by atoms with E-state index in [-0.39, 0.29) is 11.9 Å². The normalized spacial score (nSPS) is 11.9. The summed E-state index contributed by atoms with van der Waals surface area (Å²) in [6.07, 6.45) is 1.81. The Labute approximate surface area is 152 Å². The Morgan fingerprint density at radius 3 is 2.60 bits per heavy atom. The summed E-state index contributed by atoms with van der Waals surface area (Å²) in [6, 6.07) is 19.5. The highest BCUT2D eigenvalue weighted by molar-refractivity contribution is 6.30. The molecule has 1 heterocycles. The summed E-state index contributed by atoms with van der Waals surface area (Å²) in [6.45, 7) is 2.01.